The maximum absolute atomic E-state index is 12.0. The van der Waals surface area contributed by atoms with Gasteiger partial charge in [0.05, 0.1) is 0 Å². The van der Waals surface area contributed by atoms with Crippen molar-refractivity contribution in [3.05, 3.63) is 36.1 Å². The molecule has 0 saturated carbocycles. The second kappa shape index (κ2) is 6.18. The number of hydrogen-bond acceptors (Lipinski definition) is 3. The number of para-hydroxylation sites is 1. The van der Waals surface area contributed by atoms with Crippen LogP contribution in [0.2, 0.25) is 0 Å². The number of rotatable bonds is 4. The lowest BCUT2D eigenvalue weighted by Crippen LogP contribution is -2.39. The molecule has 1 saturated heterocycles. The van der Waals surface area contributed by atoms with E-state index in [0.717, 1.165) is 29.7 Å². The van der Waals surface area contributed by atoms with E-state index in [9.17, 15) is 4.79 Å². The second-order valence-corrected chi connectivity index (χ2v) is 5.52. The molecule has 1 atom stereocenters. The Bertz CT molecular complexity index is 590. The predicted octanol–water partition coefficient (Wildman–Crippen LogP) is 2.00. The molecule has 2 aromatic rings. The molecule has 1 aliphatic rings. The molecule has 112 valence electrons. The van der Waals surface area contributed by atoms with E-state index in [1.54, 1.807) is 4.90 Å². The van der Waals surface area contributed by atoms with E-state index in [-0.39, 0.29) is 18.6 Å². The van der Waals surface area contributed by atoms with Crippen LogP contribution in [0.15, 0.2) is 34.7 Å². The molecule has 1 aliphatic heterocycles. The fourth-order valence-corrected chi connectivity index (χ4v) is 2.73. The van der Waals surface area contributed by atoms with Gasteiger partial charge in [-0.1, -0.05) is 18.2 Å². The molecule has 0 spiro atoms. The zero-order chi connectivity index (χ0) is 14.7. The van der Waals surface area contributed by atoms with Crippen molar-refractivity contribution in [1.29, 1.82) is 0 Å². The molecule has 3 rings (SSSR count). The van der Waals surface area contributed by atoms with Crippen molar-refractivity contribution in [2.75, 3.05) is 26.2 Å². The van der Waals surface area contributed by atoms with Gasteiger partial charge in [0, 0.05) is 44.0 Å². The molecule has 0 aliphatic carbocycles. The Morgan fingerprint density at radius 2 is 2.29 bits per heavy atom. The first-order valence-electron chi connectivity index (χ1n) is 7.37. The molecule has 0 radical (unpaired) electrons. The number of aliphatic hydroxyl groups excluding tert-OH is 1. The van der Waals surface area contributed by atoms with Gasteiger partial charge in [-0.05, 0) is 18.6 Å². The number of carbonyl (C=O) groups excluding carboxylic acids is 1. The van der Waals surface area contributed by atoms with Crippen LogP contribution in [0.25, 0.3) is 11.0 Å². The molecule has 2 N–H and O–H groups in total. The molecule has 1 aromatic carbocycles. The van der Waals surface area contributed by atoms with Crippen molar-refractivity contribution in [2.45, 2.75) is 12.8 Å². The zero-order valence-electron chi connectivity index (χ0n) is 11.9. The SMILES string of the molecule is O=C(NCCc1cc2ccccc2o1)N1CCC(CO)C1. The summed E-state index contributed by atoms with van der Waals surface area (Å²) >= 11 is 0. The number of amides is 2. The highest BCUT2D eigenvalue weighted by Crippen LogP contribution is 2.19. The third-order valence-electron chi connectivity index (χ3n) is 3.96. The van der Waals surface area contributed by atoms with Crippen molar-refractivity contribution in [3.63, 3.8) is 0 Å². The summed E-state index contributed by atoms with van der Waals surface area (Å²) in [6.45, 7) is 2.08. The van der Waals surface area contributed by atoms with Crippen LogP contribution < -0.4 is 5.32 Å². The minimum absolute atomic E-state index is 0.0536. The van der Waals surface area contributed by atoms with Gasteiger partial charge < -0.3 is 19.7 Å². The van der Waals surface area contributed by atoms with Crippen LogP contribution in [0.3, 0.4) is 0 Å². The van der Waals surface area contributed by atoms with E-state index in [1.807, 2.05) is 30.3 Å². The molecule has 2 heterocycles. The molecule has 5 nitrogen and oxygen atoms in total. The van der Waals surface area contributed by atoms with Gasteiger partial charge in [0.2, 0.25) is 0 Å². The monoisotopic (exact) mass is 288 g/mol. The lowest BCUT2D eigenvalue weighted by molar-refractivity contribution is 0.198. The summed E-state index contributed by atoms with van der Waals surface area (Å²) < 4.78 is 5.71. The van der Waals surface area contributed by atoms with Gasteiger partial charge >= 0.3 is 6.03 Å². The summed E-state index contributed by atoms with van der Waals surface area (Å²) in [5, 5.41) is 13.1. The zero-order valence-corrected chi connectivity index (χ0v) is 11.9. The standard InChI is InChI=1S/C16H20N2O3/c19-11-12-6-8-18(10-12)16(20)17-7-5-14-9-13-3-1-2-4-15(13)21-14/h1-4,9,12,19H,5-8,10-11H2,(H,17,20). The molecule has 5 heteroatoms. The van der Waals surface area contributed by atoms with Crippen molar-refractivity contribution in [3.8, 4) is 0 Å². The van der Waals surface area contributed by atoms with Gasteiger partial charge in [-0.25, -0.2) is 4.79 Å². The van der Waals surface area contributed by atoms with Gasteiger partial charge in [0.25, 0.3) is 0 Å². The van der Waals surface area contributed by atoms with E-state index in [2.05, 4.69) is 5.32 Å². The summed E-state index contributed by atoms with van der Waals surface area (Å²) in [7, 11) is 0. The molecule has 21 heavy (non-hydrogen) atoms. The Hall–Kier alpha value is -2.01. The lowest BCUT2D eigenvalue weighted by atomic mass is 10.1. The first kappa shape index (κ1) is 13.9. The number of urea groups is 1. The highest BCUT2D eigenvalue weighted by atomic mass is 16.3. The Kier molecular flexibility index (Phi) is 4.10. The number of carbonyl (C=O) groups is 1. The Morgan fingerprint density at radius 1 is 1.43 bits per heavy atom. The number of likely N-dealkylation sites (tertiary alicyclic amines) is 1. The van der Waals surface area contributed by atoms with E-state index >= 15 is 0 Å². The molecule has 2 amide bonds. The van der Waals surface area contributed by atoms with Crippen molar-refractivity contribution >= 4 is 17.0 Å². The minimum Gasteiger partial charge on any atom is -0.461 e. The third-order valence-corrected chi connectivity index (χ3v) is 3.96. The van der Waals surface area contributed by atoms with E-state index in [0.29, 0.717) is 19.5 Å². The topological polar surface area (TPSA) is 65.7 Å². The Morgan fingerprint density at radius 3 is 3.05 bits per heavy atom. The highest BCUT2D eigenvalue weighted by Gasteiger charge is 2.25. The van der Waals surface area contributed by atoms with Gasteiger partial charge in [-0.15, -0.1) is 0 Å². The molecular weight excluding hydrogens is 268 g/mol. The number of hydrogen-bond donors (Lipinski definition) is 2. The lowest BCUT2D eigenvalue weighted by Gasteiger charge is -2.16. The largest absolute Gasteiger partial charge is 0.461 e. The van der Waals surface area contributed by atoms with Crippen LogP contribution in [0.1, 0.15) is 12.2 Å². The van der Waals surface area contributed by atoms with E-state index in [1.165, 1.54) is 0 Å². The average molecular weight is 288 g/mol. The van der Waals surface area contributed by atoms with Crippen LogP contribution in [0, 0.1) is 5.92 Å². The van der Waals surface area contributed by atoms with Crippen LogP contribution in [0.4, 0.5) is 4.79 Å². The van der Waals surface area contributed by atoms with Gasteiger partial charge in [0.15, 0.2) is 0 Å². The Balaban J connectivity index is 1.48. The molecule has 0 bridgehead atoms. The molecular formula is C16H20N2O3. The number of furan rings is 1. The number of benzene rings is 1. The van der Waals surface area contributed by atoms with Gasteiger partial charge in [-0.2, -0.15) is 0 Å². The number of nitrogens with zero attached hydrogens (tertiary/aromatic N) is 1. The highest BCUT2D eigenvalue weighted by molar-refractivity contribution is 5.77. The molecule has 1 aromatic heterocycles. The number of fused-ring (bicyclic) bond motifs is 1. The van der Waals surface area contributed by atoms with Crippen LogP contribution in [-0.2, 0) is 6.42 Å². The number of aliphatic hydroxyl groups is 1. The van der Waals surface area contributed by atoms with E-state index in [4.69, 9.17) is 9.52 Å². The van der Waals surface area contributed by atoms with Crippen LogP contribution in [-0.4, -0.2) is 42.3 Å². The fourth-order valence-electron chi connectivity index (χ4n) is 2.73. The normalized spacial score (nSPS) is 18.3. The number of nitrogens with one attached hydrogen (secondary N) is 1. The molecule has 1 fully saturated rings. The fraction of sp³-hybridized carbons (Fsp3) is 0.438. The first-order chi connectivity index (χ1) is 10.3. The Labute approximate surface area is 123 Å². The summed E-state index contributed by atoms with van der Waals surface area (Å²) in [6.07, 6.45) is 1.56. The average Bonchev–Trinajstić information content (AvgIpc) is 3.13. The maximum Gasteiger partial charge on any atom is 0.317 e. The van der Waals surface area contributed by atoms with E-state index < -0.39 is 0 Å². The van der Waals surface area contributed by atoms with Crippen molar-refractivity contribution in [1.82, 2.24) is 10.2 Å². The minimum atomic E-state index is -0.0536. The molecule has 1 unspecified atom stereocenters. The predicted molar refractivity (Wildman–Crippen MR) is 80.1 cm³/mol. The third kappa shape index (κ3) is 3.19. The summed E-state index contributed by atoms with van der Waals surface area (Å²) in [5.41, 5.74) is 0.879. The van der Waals surface area contributed by atoms with Crippen molar-refractivity contribution in [2.24, 2.45) is 5.92 Å². The summed E-state index contributed by atoms with van der Waals surface area (Å²) in [4.78, 5) is 13.7. The summed E-state index contributed by atoms with van der Waals surface area (Å²) in [5.74, 6) is 1.11. The quantitative estimate of drug-likeness (QED) is 0.904. The van der Waals surface area contributed by atoms with Crippen LogP contribution in [0.5, 0.6) is 0 Å². The van der Waals surface area contributed by atoms with Crippen LogP contribution >= 0.6 is 0 Å². The van der Waals surface area contributed by atoms with Gasteiger partial charge in [-0.3, -0.25) is 0 Å². The van der Waals surface area contributed by atoms with Gasteiger partial charge in [0.1, 0.15) is 11.3 Å². The second-order valence-electron chi connectivity index (χ2n) is 5.52. The van der Waals surface area contributed by atoms with Crippen molar-refractivity contribution < 1.29 is 14.3 Å². The maximum atomic E-state index is 12.0. The smallest absolute Gasteiger partial charge is 0.317 e. The first-order valence-corrected chi connectivity index (χ1v) is 7.37. The summed E-state index contributed by atoms with van der Waals surface area (Å²) in [6, 6.07) is 9.84.